The Morgan fingerprint density at radius 3 is 2.25 bits per heavy atom. The molecule has 4 heteroatoms. The predicted octanol–water partition coefficient (Wildman–Crippen LogP) is 2.19. The molecule has 0 unspecified atom stereocenters. The fourth-order valence-corrected chi connectivity index (χ4v) is 1.77. The molecule has 0 aliphatic heterocycles. The molecule has 0 heterocycles. The monoisotopic (exact) mass is 281 g/mol. The maximum atomic E-state index is 11.5. The molecule has 68 valence electrons. The van der Waals surface area contributed by atoms with E-state index in [1.165, 1.54) is 4.90 Å². The van der Waals surface area contributed by atoms with Crippen LogP contribution in [-0.2, 0) is 4.79 Å². The summed E-state index contributed by atoms with van der Waals surface area (Å²) in [7, 11) is 1.55. The number of imide groups is 1. The van der Waals surface area contributed by atoms with Gasteiger partial charge in [-0.3, -0.25) is 14.5 Å². The van der Waals surface area contributed by atoms with Gasteiger partial charge in [-0.15, -0.1) is 0 Å². The summed E-state index contributed by atoms with van der Waals surface area (Å²) in [5.41, 5.74) is 0. The van der Waals surface area contributed by atoms with Gasteiger partial charge in [0.25, 0.3) is 3.91 Å². The molecule has 1 rings (SSSR count). The van der Waals surface area contributed by atoms with Gasteiger partial charge in [0.15, 0.2) is 0 Å². The largest absolute Gasteiger partial charge is 0.289 e. The third-order valence-corrected chi connectivity index (χ3v) is 3.02. The first-order valence-corrected chi connectivity index (χ1v) is 5.18. The summed E-state index contributed by atoms with van der Waals surface area (Å²) < 4.78 is -0.190. The molecule has 0 aromatic heterocycles. The summed E-state index contributed by atoms with van der Waals surface area (Å²) in [4.78, 5) is 23.5. The number of rotatable bonds is 1. The molecule has 1 aliphatic rings. The summed E-state index contributed by atoms with van der Waals surface area (Å²) in [5, 5.41) is 0. The Labute approximate surface area is 85.6 Å². The third-order valence-electron chi connectivity index (χ3n) is 2.30. The number of carbonyl (C=O) groups is 2. The molecule has 0 aromatic rings. The van der Waals surface area contributed by atoms with Crippen molar-refractivity contribution in [2.45, 2.75) is 25.7 Å². The Morgan fingerprint density at radius 2 is 1.83 bits per heavy atom. The molecule has 12 heavy (non-hydrogen) atoms. The molecular weight excluding hydrogens is 269 g/mol. The van der Waals surface area contributed by atoms with Crippen LogP contribution < -0.4 is 0 Å². The fraction of sp³-hybridized carbons (Fsp3) is 0.750. The van der Waals surface area contributed by atoms with E-state index < -0.39 is 0 Å². The van der Waals surface area contributed by atoms with Crippen LogP contribution in [0.3, 0.4) is 0 Å². The minimum Gasteiger partial charge on any atom is -0.277 e. The van der Waals surface area contributed by atoms with E-state index >= 15 is 0 Å². The maximum Gasteiger partial charge on any atom is 0.289 e. The SMILES string of the molecule is CN(C(=O)I)C(=O)C1CCCC1. The quantitative estimate of drug-likeness (QED) is 0.420. The van der Waals surface area contributed by atoms with Crippen molar-refractivity contribution in [1.82, 2.24) is 4.90 Å². The molecular formula is C8H12INO2. The molecule has 0 atom stereocenters. The van der Waals surface area contributed by atoms with Crippen LogP contribution >= 0.6 is 22.6 Å². The molecule has 0 N–H and O–H groups in total. The highest BCUT2D eigenvalue weighted by Crippen LogP contribution is 2.26. The van der Waals surface area contributed by atoms with E-state index in [2.05, 4.69) is 0 Å². The topological polar surface area (TPSA) is 37.4 Å². The van der Waals surface area contributed by atoms with Gasteiger partial charge in [0.05, 0.1) is 0 Å². The second-order valence-corrected chi connectivity index (χ2v) is 4.05. The highest BCUT2D eigenvalue weighted by Gasteiger charge is 2.27. The van der Waals surface area contributed by atoms with Crippen LogP contribution in [0.5, 0.6) is 0 Å². The Bertz CT molecular complexity index is 199. The van der Waals surface area contributed by atoms with Gasteiger partial charge in [0.1, 0.15) is 0 Å². The zero-order valence-electron chi connectivity index (χ0n) is 7.05. The van der Waals surface area contributed by atoms with Gasteiger partial charge in [0.2, 0.25) is 5.91 Å². The van der Waals surface area contributed by atoms with Crippen molar-refractivity contribution in [3.05, 3.63) is 0 Å². The Hall–Kier alpha value is -0.130. The van der Waals surface area contributed by atoms with Crippen LogP contribution in [0.2, 0.25) is 0 Å². The zero-order chi connectivity index (χ0) is 9.14. The van der Waals surface area contributed by atoms with Gasteiger partial charge >= 0.3 is 0 Å². The summed E-state index contributed by atoms with van der Waals surface area (Å²) in [6, 6.07) is 0. The Balaban J connectivity index is 2.51. The lowest BCUT2D eigenvalue weighted by Gasteiger charge is -2.15. The standard InChI is InChI=1S/C8H12INO2/c1-10(8(9)12)7(11)6-4-2-3-5-6/h6H,2-5H2,1H3. The van der Waals surface area contributed by atoms with Crippen LogP contribution in [0.15, 0.2) is 0 Å². The van der Waals surface area contributed by atoms with Crippen LogP contribution in [0, 0.1) is 5.92 Å². The smallest absolute Gasteiger partial charge is 0.277 e. The third kappa shape index (κ3) is 2.18. The van der Waals surface area contributed by atoms with Gasteiger partial charge < -0.3 is 0 Å². The molecule has 0 spiro atoms. The molecule has 1 saturated carbocycles. The molecule has 0 radical (unpaired) electrons. The molecule has 0 saturated heterocycles. The van der Waals surface area contributed by atoms with Gasteiger partial charge in [-0.1, -0.05) is 12.8 Å². The zero-order valence-corrected chi connectivity index (χ0v) is 9.20. The van der Waals surface area contributed by atoms with E-state index in [1.807, 2.05) is 0 Å². The van der Waals surface area contributed by atoms with Gasteiger partial charge in [-0.25, -0.2) is 0 Å². The van der Waals surface area contributed by atoms with E-state index in [0.717, 1.165) is 25.7 Å². The normalized spacial score (nSPS) is 17.8. The molecule has 2 amide bonds. The van der Waals surface area contributed by atoms with Crippen molar-refractivity contribution in [2.24, 2.45) is 5.92 Å². The van der Waals surface area contributed by atoms with E-state index in [9.17, 15) is 9.59 Å². The Kier molecular flexibility index (Phi) is 3.49. The van der Waals surface area contributed by atoms with E-state index in [4.69, 9.17) is 0 Å². The lowest BCUT2D eigenvalue weighted by atomic mass is 10.1. The van der Waals surface area contributed by atoms with Crippen LogP contribution in [0.25, 0.3) is 0 Å². The summed E-state index contributed by atoms with van der Waals surface area (Å²) in [6.07, 6.45) is 4.15. The molecule has 1 aliphatic carbocycles. The summed E-state index contributed by atoms with van der Waals surface area (Å²) >= 11 is 1.64. The lowest BCUT2D eigenvalue weighted by molar-refractivity contribution is -0.130. The number of amides is 2. The number of halogens is 1. The average molecular weight is 281 g/mol. The van der Waals surface area contributed by atoms with Crippen molar-refractivity contribution >= 4 is 32.4 Å². The first-order chi connectivity index (χ1) is 5.63. The number of carbonyl (C=O) groups excluding carboxylic acids is 2. The Morgan fingerprint density at radius 1 is 1.33 bits per heavy atom. The molecule has 0 bridgehead atoms. The average Bonchev–Trinajstić information content (AvgIpc) is 2.53. The van der Waals surface area contributed by atoms with Crippen molar-refractivity contribution in [2.75, 3.05) is 7.05 Å². The molecule has 3 nitrogen and oxygen atoms in total. The van der Waals surface area contributed by atoms with Gasteiger partial charge in [0, 0.05) is 35.6 Å². The predicted molar refractivity (Wildman–Crippen MR) is 54.1 cm³/mol. The minimum absolute atomic E-state index is 0.00750. The highest BCUT2D eigenvalue weighted by molar-refractivity contribution is 14.1. The van der Waals surface area contributed by atoms with Gasteiger partial charge in [-0.05, 0) is 12.8 Å². The minimum atomic E-state index is -0.190. The molecule has 1 fully saturated rings. The lowest BCUT2D eigenvalue weighted by Crippen LogP contribution is -2.33. The van der Waals surface area contributed by atoms with Crippen LogP contribution in [0.4, 0.5) is 4.79 Å². The van der Waals surface area contributed by atoms with Crippen molar-refractivity contribution < 1.29 is 9.59 Å². The summed E-state index contributed by atoms with van der Waals surface area (Å²) in [6.45, 7) is 0. The fourth-order valence-electron chi connectivity index (χ4n) is 1.53. The van der Waals surface area contributed by atoms with E-state index in [-0.39, 0.29) is 15.7 Å². The maximum absolute atomic E-state index is 11.5. The van der Waals surface area contributed by atoms with Crippen molar-refractivity contribution in [3.8, 4) is 0 Å². The first kappa shape index (κ1) is 9.95. The summed E-state index contributed by atoms with van der Waals surface area (Å²) in [5.74, 6) is 0.0978. The molecule has 0 aromatic carbocycles. The first-order valence-electron chi connectivity index (χ1n) is 4.10. The number of hydrogen-bond acceptors (Lipinski definition) is 2. The van der Waals surface area contributed by atoms with Crippen LogP contribution in [0.1, 0.15) is 25.7 Å². The number of nitrogens with zero attached hydrogens (tertiary/aromatic N) is 1. The van der Waals surface area contributed by atoms with Crippen LogP contribution in [-0.4, -0.2) is 21.8 Å². The number of hydrogen-bond donors (Lipinski definition) is 0. The second-order valence-electron chi connectivity index (χ2n) is 3.13. The van der Waals surface area contributed by atoms with E-state index in [0.29, 0.717) is 0 Å². The second kappa shape index (κ2) is 4.20. The van der Waals surface area contributed by atoms with Crippen molar-refractivity contribution in [1.29, 1.82) is 0 Å². The van der Waals surface area contributed by atoms with Crippen molar-refractivity contribution in [3.63, 3.8) is 0 Å². The van der Waals surface area contributed by atoms with E-state index in [1.54, 1.807) is 29.6 Å². The van der Waals surface area contributed by atoms with Gasteiger partial charge in [-0.2, -0.15) is 0 Å². The highest BCUT2D eigenvalue weighted by atomic mass is 127.